The molecule has 0 saturated carbocycles. The van der Waals surface area contributed by atoms with Gasteiger partial charge >= 0.3 is 0 Å². The van der Waals surface area contributed by atoms with Crippen molar-refractivity contribution in [2.24, 2.45) is 0 Å². The molecular formula is C25H28N4O3S2. The minimum Gasteiger partial charge on any atom is -0.286 e. The molecule has 4 rings (SSSR count). The Morgan fingerprint density at radius 1 is 1.09 bits per heavy atom. The summed E-state index contributed by atoms with van der Waals surface area (Å²) in [6, 6.07) is 12.8. The lowest BCUT2D eigenvalue weighted by molar-refractivity contribution is -0.118. The number of hydrogen-bond donors (Lipinski definition) is 0. The lowest BCUT2D eigenvalue weighted by Crippen LogP contribution is -2.34. The fraction of sp³-hybridized carbons (Fsp3) is 0.320. The molecule has 4 aromatic rings. The van der Waals surface area contributed by atoms with E-state index in [2.05, 4.69) is 17.2 Å². The molecule has 9 heteroatoms. The van der Waals surface area contributed by atoms with Crippen LogP contribution >= 0.6 is 11.3 Å². The number of thiazole rings is 1. The number of hydrogen-bond acceptors (Lipinski definition) is 6. The summed E-state index contributed by atoms with van der Waals surface area (Å²) >= 11 is 1.48. The third-order valence-electron chi connectivity index (χ3n) is 5.65. The number of amides is 1. The number of sulfone groups is 1. The predicted octanol–water partition coefficient (Wildman–Crippen LogP) is 4.71. The maximum absolute atomic E-state index is 13.3. The molecule has 0 atom stereocenters. The molecule has 2 aromatic carbocycles. The highest BCUT2D eigenvalue weighted by Crippen LogP contribution is 2.32. The maximum Gasteiger partial charge on any atom is 0.228 e. The molecule has 1 amide bonds. The Morgan fingerprint density at radius 3 is 2.56 bits per heavy atom. The number of aromatic nitrogens is 3. The van der Waals surface area contributed by atoms with Gasteiger partial charge in [0.2, 0.25) is 5.91 Å². The minimum atomic E-state index is -3.44. The summed E-state index contributed by atoms with van der Waals surface area (Å²) in [4.78, 5) is 20.0. The van der Waals surface area contributed by atoms with Crippen LogP contribution in [0.25, 0.3) is 10.2 Å². The van der Waals surface area contributed by atoms with Crippen LogP contribution in [-0.2, 0) is 21.2 Å². The summed E-state index contributed by atoms with van der Waals surface area (Å²) < 4.78 is 28.2. The molecular weight excluding hydrogens is 468 g/mol. The Morgan fingerprint density at radius 2 is 1.85 bits per heavy atom. The standard InChI is InChI=1S/C25H28N4O3S2/c1-18-7-9-21(10-8-18)34(31,32)15-4-6-23(30)29(14-13-28-12-5-11-26-28)25-27-24-20(3)16-19(2)17-22(24)33-25/h5,7-12,16-17H,4,6,13-15H2,1-3H3. The second kappa shape index (κ2) is 10.1. The monoisotopic (exact) mass is 496 g/mol. The van der Waals surface area contributed by atoms with Crippen LogP contribution in [0.1, 0.15) is 29.5 Å². The van der Waals surface area contributed by atoms with E-state index in [4.69, 9.17) is 4.98 Å². The molecule has 7 nitrogen and oxygen atoms in total. The van der Waals surface area contributed by atoms with Gasteiger partial charge in [-0.3, -0.25) is 14.4 Å². The van der Waals surface area contributed by atoms with Crippen molar-refractivity contribution in [2.75, 3.05) is 17.2 Å². The van der Waals surface area contributed by atoms with Crippen molar-refractivity contribution in [3.63, 3.8) is 0 Å². The van der Waals surface area contributed by atoms with Gasteiger partial charge in [-0.05, 0) is 62.6 Å². The highest BCUT2D eigenvalue weighted by molar-refractivity contribution is 7.91. The number of fused-ring (bicyclic) bond motifs is 1. The van der Waals surface area contributed by atoms with E-state index >= 15 is 0 Å². The number of rotatable bonds is 9. The Kier molecular flexibility index (Phi) is 7.13. The number of carbonyl (C=O) groups is 1. The highest BCUT2D eigenvalue weighted by Gasteiger charge is 2.22. The van der Waals surface area contributed by atoms with Gasteiger partial charge in [-0.1, -0.05) is 35.1 Å². The molecule has 2 heterocycles. The zero-order valence-corrected chi connectivity index (χ0v) is 21.2. The zero-order chi connectivity index (χ0) is 24.3. The smallest absolute Gasteiger partial charge is 0.228 e. The van der Waals surface area contributed by atoms with E-state index < -0.39 is 9.84 Å². The Hall–Kier alpha value is -3.04. The van der Waals surface area contributed by atoms with Crippen LogP contribution in [0.2, 0.25) is 0 Å². The second-order valence-corrected chi connectivity index (χ2v) is 11.6. The van der Waals surface area contributed by atoms with Crippen LogP contribution in [-0.4, -0.2) is 41.4 Å². The molecule has 0 aliphatic heterocycles. The van der Waals surface area contributed by atoms with Crippen molar-refractivity contribution >= 4 is 42.4 Å². The molecule has 178 valence electrons. The van der Waals surface area contributed by atoms with Crippen molar-refractivity contribution in [2.45, 2.75) is 45.1 Å². The highest BCUT2D eigenvalue weighted by atomic mass is 32.2. The first-order valence-electron chi connectivity index (χ1n) is 11.2. The fourth-order valence-electron chi connectivity index (χ4n) is 3.85. The summed E-state index contributed by atoms with van der Waals surface area (Å²) in [6.07, 6.45) is 3.92. The van der Waals surface area contributed by atoms with Gasteiger partial charge in [-0.15, -0.1) is 0 Å². The number of benzene rings is 2. The second-order valence-electron chi connectivity index (χ2n) is 8.47. The number of nitrogens with zero attached hydrogens (tertiary/aromatic N) is 4. The Bertz CT molecular complexity index is 1390. The van der Waals surface area contributed by atoms with E-state index in [0.717, 1.165) is 26.9 Å². The molecule has 0 fully saturated rings. The van der Waals surface area contributed by atoms with Crippen molar-refractivity contribution in [1.29, 1.82) is 0 Å². The van der Waals surface area contributed by atoms with Crippen LogP contribution in [0.5, 0.6) is 0 Å². The minimum absolute atomic E-state index is 0.0764. The average molecular weight is 497 g/mol. The van der Waals surface area contributed by atoms with E-state index in [1.54, 1.807) is 40.0 Å². The largest absolute Gasteiger partial charge is 0.286 e. The van der Waals surface area contributed by atoms with Crippen LogP contribution in [0.3, 0.4) is 0 Å². The van der Waals surface area contributed by atoms with Crippen molar-refractivity contribution in [3.05, 3.63) is 71.5 Å². The number of carbonyl (C=O) groups excluding carboxylic acids is 1. The first-order chi connectivity index (χ1) is 16.2. The average Bonchev–Trinajstić information content (AvgIpc) is 3.44. The van der Waals surface area contributed by atoms with Crippen LogP contribution in [0.15, 0.2) is 59.8 Å². The van der Waals surface area contributed by atoms with Gasteiger partial charge in [0.1, 0.15) is 0 Å². The number of aryl methyl sites for hydroxylation is 3. The van der Waals surface area contributed by atoms with Gasteiger partial charge in [-0.25, -0.2) is 13.4 Å². The lowest BCUT2D eigenvalue weighted by Gasteiger charge is -2.20. The third-order valence-corrected chi connectivity index (χ3v) is 8.49. The summed E-state index contributed by atoms with van der Waals surface area (Å²) in [5.41, 5.74) is 4.12. The topological polar surface area (TPSA) is 85.2 Å². The molecule has 0 N–H and O–H groups in total. The van der Waals surface area contributed by atoms with E-state index in [0.29, 0.717) is 18.2 Å². The third kappa shape index (κ3) is 5.53. The van der Waals surface area contributed by atoms with E-state index in [1.807, 2.05) is 33.0 Å². The van der Waals surface area contributed by atoms with Gasteiger partial charge in [0.05, 0.1) is 27.4 Å². The molecule has 0 unspecified atom stereocenters. The molecule has 34 heavy (non-hydrogen) atoms. The van der Waals surface area contributed by atoms with E-state index in [1.165, 1.54) is 11.3 Å². The summed E-state index contributed by atoms with van der Waals surface area (Å²) in [7, 11) is -3.44. The van der Waals surface area contributed by atoms with Gasteiger partial charge in [0, 0.05) is 25.4 Å². The van der Waals surface area contributed by atoms with Crippen molar-refractivity contribution in [1.82, 2.24) is 14.8 Å². The molecule has 0 radical (unpaired) electrons. The van der Waals surface area contributed by atoms with Gasteiger partial charge in [0.15, 0.2) is 15.0 Å². The van der Waals surface area contributed by atoms with Crippen LogP contribution in [0.4, 0.5) is 5.13 Å². The zero-order valence-electron chi connectivity index (χ0n) is 19.6. The summed E-state index contributed by atoms with van der Waals surface area (Å²) in [5, 5.41) is 4.85. The SMILES string of the molecule is Cc1ccc(S(=O)(=O)CCCC(=O)N(CCn2cccn2)c2nc3c(C)cc(C)cc3s2)cc1. The first kappa shape index (κ1) is 24.1. The van der Waals surface area contributed by atoms with Crippen molar-refractivity contribution < 1.29 is 13.2 Å². The lowest BCUT2D eigenvalue weighted by atomic mass is 10.1. The maximum atomic E-state index is 13.3. The fourth-order valence-corrected chi connectivity index (χ4v) is 6.34. The van der Waals surface area contributed by atoms with E-state index in [-0.39, 0.29) is 29.4 Å². The molecule has 0 spiro atoms. The molecule has 0 aliphatic carbocycles. The number of anilines is 1. The molecule has 0 aliphatic rings. The Labute approximate surface area is 204 Å². The normalized spacial score (nSPS) is 11.7. The molecule has 2 aromatic heterocycles. The van der Waals surface area contributed by atoms with Gasteiger partial charge in [-0.2, -0.15) is 5.10 Å². The molecule has 0 bridgehead atoms. The molecule has 0 saturated heterocycles. The summed E-state index contributed by atoms with van der Waals surface area (Å²) in [6.45, 7) is 6.90. The quantitative estimate of drug-likeness (QED) is 0.335. The van der Waals surface area contributed by atoms with Gasteiger partial charge < -0.3 is 0 Å². The van der Waals surface area contributed by atoms with E-state index in [9.17, 15) is 13.2 Å². The Balaban J connectivity index is 1.51. The van der Waals surface area contributed by atoms with Crippen LogP contribution < -0.4 is 4.90 Å². The van der Waals surface area contributed by atoms with Crippen LogP contribution in [0, 0.1) is 20.8 Å². The first-order valence-corrected chi connectivity index (χ1v) is 13.6. The van der Waals surface area contributed by atoms with Gasteiger partial charge in [0.25, 0.3) is 0 Å². The summed E-state index contributed by atoms with van der Waals surface area (Å²) in [5.74, 6) is -0.216. The predicted molar refractivity (Wildman–Crippen MR) is 136 cm³/mol. The van der Waals surface area contributed by atoms with Crippen molar-refractivity contribution in [3.8, 4) is 0 Å².